The average molecular weight is 206 g/mol. The molecule has 0 amide bonds. The van der Waals surface area contributed by atoms with E-state index in [0.29, 0.717) is 12.0 Å². The first-order valence-electron chi connectivity index (χ1n) is 5.00. The van der Waals surface area contributed by atoms with Crippen molar-refractivity contribution in [1.29, 1.82) is 0 Å². The van der Waals surface area contributed by atoms with Crippen molar-refractivity contribution in [2.45, 2.75) is 20.0 Å². The normalized spacial score (nSPS) is 15.9. The van der Waals surface area contributed by atoms with E-state index in [1.54, 1.807) is 0 Å². The Labute approximate surface area is 89.3 Å². The second-order valence-electron chi connectivity index (χ2n) is 3.57. The molecule has 1 rings (SSSR count). The molecular weight excluding hydrogens is 188 g/mol. The molecule has 2 unspecified atom stereocenters. The van der Waals surface area contributed by atoms with E-state index in [9.17, 15) is 0 Å². The molecule has 2 atom stereocenters. The van der Waals surface area contributed by atoms with Crippen LogP contribution in [0.15, 0.2) is 36.4 Å². The van der Waals surface area contributed by atoms with Crippen molar-refractivity contribution in [3.8, 4) is 0 Å². The summed E-state index contributed by atoms with van der Waals surface area (Å²) in [4.78, 5) is 0. The van der Waals surface area contributed by atoms with Gasteiger partial charge < -0.3 is 4.43 Å². The number of rotatable bonds is 4. The van der Waals surface area contributed by atoms with E-state index in [1.807, 2.05) is 6.07 Å². The molecule has 0 aliphatic heterocycles. The molecule has 0 spiro atoms. The minimum atomic E-state index is 0.335. The van der Waals surface area contributed by atoms with E-state index >= 15 is 0 Å². The molecule has 1 aromatic rings. The minimum absolute atomic E-state index is 0.335. The molecule has 2 heteroatoms. The first-order valence-corrected chi connectivity index (χ1v) is 5.81. The second-order valence-corrected chi connectivity index (χ2v) is 4.04. The summed E-state index contributed by atoms with van der Waals surface area (Å²) in [6.45, 7) is 4.30. The third kappa shape index (κ3) is 3.48. The highest BCUT2D eigenvalue weighted by Gasteiger charge is 2.05. The molecule has 0 N–H and O–H groups in total. The standard InChI is InChI=1S/C12H18OSi/c1-10(11(2)13-14)8-9-12-6-4-3-5-7-12/h3-11H,1-2,14H3. The van der Waals surface area contributed by atoms with Crippen LogP contribution in [0.2, 0.25) is 0 Å². The van der Waals surface area contributed by atoms with Crippen molar-refractivity contribution in [3.63, 3.8) is 0 Å². The second kappa shape index (κ2) is 5.78. The van der Waals surface area contributed by atoms with Crippen LogP contribution in [0.3, 0.4) is 0 Å². The zero-order chi connectivity index (χ0) is 10.4. The maximum atomic E-state index is 5.39. The van der Waals surface area contributed by atoms with E-state index in [1.165, 1.54) is 5.56 Å². The summed E-state index contributed by atoms with van der Waals surface area (Å²) in [7, 11) is 0.814. The molecule has 0 aliphatic rings. The molecule has 1 nitrogen and oxygen atoms in total. The molecule has 76 valence electrons. The van der Waals surface area contributed by atoms with Gasteiger partial charge in [0.15, 0.2) is 0 Å². The van der Waals surface area contributed by atoms with Crippen LogP contribution in [0.1, 0.15) is 19.4 Å². The van der Waals surface area contributed by atoms with Crippen LogP contribution < -0.4 is 0 Å². The summed E-state index contributed by atoms with van der Waals surface area (Å²) < 4.78 is 5.39. The zero-order valence-corrected chi connectivity index (χ0v) is 11.1. The Hall–Kier alpha value is -0.863. The first kappa shape index (κ1) is 11.2. The van der Waals surface area contributed by atoms with Crippen LogP contribution in [0.25, 0.3) is 6.08 Å². The fourth-order valence-corrected chi connectivity index (χ4v) is 1.63. The molecule has 0 heterocycles. The van der Waals surface area contributed by atoms with Gasteiger partial charge in [-0.15, -0.1) is 0 Å². The molecule has 0 saturated carbocycles. The Bertz CT molecular complexity index is 282. The molecule has 0 radical (unpaired) electrons. The lowest BCUT2D eigenvalue weighted by molar-refractivity contribution is 0.202. The Morgan fingerprint density at radius 1 is 1.21 bits per heavy atom. The average Bonchev–Trinajstić information content (AvgIpc) is 2.26. The lowest BCUT2D eigenvalue weighted by atomic mass is 10.0. The molecule has 0 saturated heterocycles. The highest BCUT2D eigenvalue weighted by molar-refractivity contribution is 5.98. The zero-order valence-electron chi connectivity index (χ0n) is 9.10. The lowest BCUT2D eigenvalue weighted by Gasteiger charge is -2.14. The van der Waals surface area contributed by atoms with Gasteiger partial charge in [-0.1, -0.05) is 49.4 Å². The number of hydrogen-bond donors (Lipinski definition) is 0. The quantitative estimate of drug-likeness (QED) is 0.685. The summed E-state index contributed by atoms with van der Waals surface area (Å²) in [6.07, 6.45) is 4.70. The highest BCUT2D eigenvalue weighted by atomic mass is 28.2. The molecule has 0 fully saturated rings. The van der Waals surface area contributed by atoms with Gasteiger partial charge in [0.05, 0.1) is 0 Å². The van der Waals surface area contributed by atoms with E-state index in [0.717, 1.165) is 10.5 Å². The smallest absolute Gasteiger partial charge is 0.146 e. The van der Waals surface area contributed by atoms with Crippen molar-refractivity contribution >= 4 is 16.6 Å². The van der Waals surface area contributed by atoms with Gasteiger partial charge in [-0.2, -0.15) is 0 Å². The Kier molecular flexibility index (Phi) is 4.63. The van der Waals surface area contributed by atoms with Gasteiger partial charge in [0.1, 0.15) is 10.5 Å². The van der Waals surface area contributed by atoms with E-state index < -0.39 is 0 Å². The maximum Gasteiger partial charge on any atom is 0.146 e. The number of benzene rings is 1. The van der Waals surface area contributed by atoms with Gasteiger partial charge in [-0.25, -0.2) is 0 Å². The van der Waals surface area contributed by atoms with Gasteiger partial charge >= 0.3 is 0 Å². The van der Waals surface area contributed by atoms with Crippen molar-refractivity contribution in [2.24, 2.45) is 5.92 Å². The summed E-state index contributed by atoms with van der Waals surface area (Å²) >= 11 is 0. The maximum absolute atomic E-state index is 5.39. The van der Waals surface area contributed by atoms with Crippen LogP contribution >= 0.6 is 0 Å². The number of hydrogen-bond acceptors (Lipinski definition) is 1. The van der Waals surface area contributed by atoms with Crippen molar-refractivity contribution in [1.82, 2.24) is 0 Å². The molecule has 14 heavy (non-hydrogen) atoms. The SMILES string of the molecule is CC(C=Cc1ccccc1)C(C)O[SiH3]. The Morgan fingerprint density at radius 3 is 2.43 bits per heavy atom. The predicted molar refractivity (Wildman–Crippen MR) is 65.1 cm³/mol. The fraction of sp³-hybridized carbons (Fsp3) is 0.333. The molecule has 0 bridgehead atoms. The van der Waals surface area contributed by atoms with E-state index in [2.05, 4.69) is 50.3 Å². The molecule has 1 aromatic carbocycles. The minimum Gasteiger partial charge on any atom is -0.425 e. The van der Waals surface area contributed by atoms with Crippen LogP contribution in [-0.4, -0.2) is 16.6 Å². The Balaban J connectivity index is 2.56. The van der Waals surface area contributed by atoms with E-state index in [4.69, 9.17) is 4.43 Å². The van der Waals surface area contributed by atoms with Crippen molar-refractivity contribution < 1.29 is 4.43 Å². The van der Waals surface area contributed by atoms with Crippen LogP contribution in [0.5, 0.6) is 0 Å². The fourth-order valence-electron chi connectivity index (χ4n) is 1.20. The molecular formula is C12H18OSi. The Morgan fingerprint density at radius 2 is 1.86 bits per heavy atom. The van der Waals surface area contributed by atoms with Gasteiger partial charge in [-0.05, 0) is 18.4 Å². The van der Waals surface area contributed by atoms with Gasteiger partial charge in [0.25, 0.3) is 0 Å². The van der Waals surface area contributed by atoms with E-state index in [-0.39, 0.29) is 0 Å². The summed E-state index contributed by atoms with van der Waals surface area (Å²) in [5.74, 6) is 0.479. The predicted octanol–water partition coefficient (Wildman–Crippen LogP) is 2.02. The van der Waals surface area contributed by atoms with Crippen LogP contribution in [0, 0.1) is 5.92 Å². The monoisotopic (exact) mass is 206 g/mol. The lowest BCUT2D eigenvalue weighted by Crippen LogP contribution is -2.14. The van der Waals surface area contributed by atoms with Gasteiger partial charge in [-0.3, -0.25) is 0 Å². The third-order valence-corrected chi connectivity index (χ3v) is 3.25. The van der Waals surface area contributed by atoms with Crippen LogP contribution in [0.4, 0.5) is 0 Å². The summed E-state index contributed by atoms with van der Waals surface area (Å²) in [6, 6.07) is 10.4. The van der Waals surface area contributed by atoms with Crippen molar-refractivity contribution in [2.75, 3.05) is 0 Å². The molecule has 0 aromatic heterocycles. The molecule has 0 aliphatic carbocycles. The van der Waals surface area contributed by atoms with Crippen molar-refractivity contribution in [3.05, 3.63) is 42.0 Å². The topological polar surface area (TPSA) is 9.23 Å². The van der Waals surface area contributed by atoms with Crippen LogP contribution in [-0.2, 0) is 4.43 Å². The third-order valence-electron chi connectivity index (χ3n) is 2.50. The van der Waals surface area contributed by atoms with Gasteiger partial charge in [0.2, 0.25) is 0 Å². The summed E-state index contributed by atoms with van der Waals surface area (Å²) in [5, 5.41) is 0. The largest absolute Gasteiger partial charge is 0.425 e. The summed E-state index contributed by atoms with van der Waals surface area (Å²) in [5.41, 5.74) is 1.25. The van der Waals surface area contributed by atoms with Gasteiger partial charge in [0, 0.05) is 6.10 Å². The highest BCUT2D eigenvalue weighted by Crippen LogP contribution is 2.10. The first-order chi connectivity index (χ1) is 6.74.